The molecule has 6 nitrogen and oxygen atoms in total. The summed E-state index contributed by atoms with van der Waals surface area (Å²) in [5, 5.41) is 14.7. The van der Waals surface area contributed by atoms with E-state index in [0.29, 0.717) is 35.9 Å². The van der Waals surface area contributed by atoms with Gasteiger partial charge in [0.15, 0.2) is 5.78 Å². The van der Waals surface area contributed by atoms with Crippen molar-refractivity contribution in [2.24, 2.45) is 5.92 Å². The summed E-state index contributed by atoms with van der Waals surface area (Å²) < 4.78 is 5.23. The number of hydrogen-bond acceptors (Lipinski definition) is 4. The lowest BCUT2D eigenvalue weighted by Crippen LogP contribution is -2.34. The predicted octanol–water partition coefficient (Wildman–Crippen LogP) is 2.06. The second-order valence-electron chi connectivity index (χ2n) is 5.30. The highest BCUT2D eigenvalue weighted by molar-refractivity contribution is 6.31. The highest BCUT2D eigenvalue weighted by Crippen LogP contribution is 2.26. The summed E-state index contributed by atoms with van der Waals surface area (Å²) in [6.45, 7) is 2.65. The van der Waals surface area contributed by atoms with E-state index in [4.69, 9.17) is 21.4 Å². The van der Waals surface area contributed by atoms with Crippen LogP contribution in [0.4, 0.5) is 10.5 Å². The molecule has 1 aromatic carbocycles. The fourth-order valence-corrected chi connectivity index (χ4v) is 2.37. The number of hydrogen-bond donors (Lipinski definition) is 3. The Kier molecular flexibility index (Phi) is 5.76. The molecule has 1 aliphatic heterocycles. The van der Waals surface area contributed by atoms with Gasteiger partial charge in [-0.2, -0.15) is 0 Å². The Morgan fingerprint density at radius 3 is 2.91 bits per heavy atom. The van der Waals surface area contributed by atoms with Gasteiger partial charge in [-0.15, -0.1) is 0 Å². The van der Waals surface area contributed by atoms with Crippen LogP contribution in [0.15, 0.2) is 18.2 Å². The summed E-state index contributed by atoms with van der Waals surface area (Å²) >= 11 is 5.94. The number of benzene rings is 1. The molecule has 120 valence electrons. The van der Waals surface area contributed by atoms with Crippen molar-refractivity contribution in [1.29, 1.82) is 0 Å². The smallest absolute Gasteiger partial charge is 0.319 e. The summed E-state index contributed by atoms with van der Waals surface area (Å²) in [5.41, 5.74) is 0.764. The normalized spacial score (nSPS) is 18.8. The number of ether oxygens (including phenoxy) is 1. The Bertz CT molecular complexity index is 556. The Balaban J connectivity index is 2.13. The highest BCUT2D eigenvalue weighted by atomic mass is 35.5. The van der Waals surface area contributed by atoms with E-state index < -0.39 is 12.1 Å². The van der Waals surface area contributed by atoms with Gasteiger partial charge in [0, 0.05) is 29.7 Å². The zero-order valence-corrected chi connectivity index (χ0v) is 13.0. The number of nitrogens with one attached hydrogen (secondary N) is 2. The van der Waals surface area contributed by atoms with Crippen LogP contribution in [0, 0.1) is 5.92 Å². The molecule has 3 N–H and O–H groups in total. The largest absolute Gasteiger partial charge is 0.392 e. The molecular weight excluding hydrogens is 308 g/mol. The van der Waals surface area contributed by atoms with Crippen molar-refractivity contribution in [2.45, 2.75) is 19.4 Å². The van der Waals surface area contributed by atoms with Crippen LogP contribution in [0.5, 0.6) is 0 Å². The summed E-state index contributed by atoms with van der Waals surface area (Å²) in [6, 6.07) is 4.25. The van der Waals surface area contributed by atoms with Crippen LogP contribution in [-0.4, -0.2) is 42.8 Å². The van der Waals surface area contributed by atoms with Crippen LogP contribution >= 0.6 is 11.6 Å². The first-order valence-electron chi connectivity index (χ1n) is 7.12. The third-order valence-corrected chi connectivity index (χ3v) is 3.59. The molecule has 2 amide bonds. The maximum atomic E-state index is 12.5. The molecule has 0 aromatic heterocycles. The molecule has 0 saturated carbocycles. The average molecular weight is 327 g/mol. The second kappa shape index (κ2) is 7.58. The van der Waals surface area contributed by atoms with Crippen LogP contribution in [0.1, 0.15) is 23.7 Å². The summed E-state index contributed by atoms with van der Waals surface area (Å²) in [5.74, 6) is -0.262. The van der Waals surface area contributed by atoms with E-state index >= 15 is 0 Å². The van der Waals surface area contributed by atoms with Gasteiger partial charge in [0.2, 0.25) is 0 Å². The summed E-state index contributed by atoms with van der Waals surface area (Å²) in [6.07, 6.45) is 0.0247. The third kappa shape index (κ3) is 4.43. The minimum absolute atomic E-state index is 0.0695. The van der Waals surface area contributed by atoms with E-state index in [1.807, 2.05) is 0 Å². The van der Waals surface area contributed by atoms with Crippen molar-refractivity contribution in [3.05, 3.63) is 28.8 Å². The molecule has 1 saturated heterocycles. The van der Waals surface area contributed by atoms with Gasteiger partial charge < -0.3 is 20.5 Å². The van der Waals surface area contributed by atoms with Crippen molar-refractivity contribution in [3.63, 3.8) is 0 Å². The van der Waals surface area contributed by atoms with E-state index in [2.05, 4.69) is 10.6 Å². The van der Waals surface area contributed by atoms with Crippen molar-refractivity contribution < 1.29 is 19.4 Å². The van der Waals surface area contributed by atoms with Gasteiger partial charge in [-0.3, -0.25) is 4.79 Å². The minimum atomic E-state index is -0.651. The Hall–Kier alpha value is -1.63. The van der Waals surface area contributed by atoms with Crippen LogP contribution in [0.25, 0.3) is 0 Å². The number of Topliss-reactive ketones (excluding diaryl/α,β-unsaturated/α-hetero) is 1. The van der Waals surface area contributed by atoms with Gasteiger partial charge in [0.25, 0.3) is 0 Å². The lowest BCUT2D eigenvalue weighted by molar-refractivity contribution is 0.0901. The molecule has 0 bridgehead atoms. The molecule has 1 heterocycles. The monoisotopic (exact) mass is 326 g/mol. The minimum Gasteiger partial charge on any atom is -0.392 e. The van der Waals surface area contributed by atoms with E-state index in [1.54, 1.807) is 19.1 Å². The van der Waals surface area contributed by atoms with E-state index in [-0.39, 0.29) is 18.2 Å². The maximum Gasteiger partial charge on any atom is 0.319 e. The maximum absolute atomic E-state index is 12.5. The molecule has 2 rings (SSSR count). The lowest BCUT2D eigenvalue weighted by atomic mass is 9.96. The Morgan fingerprint density at radius 1 is 1.50 bits per heavy atom. The first-order valence-corrected chi connectivity index (χ1v) is 7.49. The Morgan fingerprint density at radius 2 is 2.27 bits per heavy atom. The predicted molar refractivity (Wildman–Crippen MR) is 83.4 cm³/mol. The highest BCUT2D eigenvalue weighted by Gasteiger charge is 2.26. The van der Waals surface area contributed by atoms with Crippen molar-refractivity contribution in [1.82, 2.24) is 5.32 Å². The van der Waals surface area contributed by atoms with Crippen molar-refractivity contribution in [3.8, 4) is 0 Å². The number of carbonyl (C=O) groups excluding carboxylic acids is 2. The number of anilines is 1. The first-order chi connectivity index (χ1) is 10.5. The molecule has 22 heavy (non-hydrogen) atoms. The van der Waals surface area contributed by atoms with Gasteiger partial charge in [-0.25, -0.2) is 4.79 Å². The van der Waals surface area contributed by atoms with Crippen LogP contribution in [0.3, 0.4) is 0 Å². The molecule has 7 heteroatoms. The Labute approximate surface area is 133 Å². The van der Waals surface area contributed by atoms with Crippen LogP contribution in [0.2, 0.25) is 5.02 Å². The van der Waals surface area contributed by atoms with E-state index in [1.165, 1.54) is 6.07 Å². The zero-order valence-electron chi connectivity index (χ0n) is 12.3. The average Bonchev–Trinajstić information content (AvgIpc) is 2.99. The van der Waals surface area contributed by atoms with Gasteiger partial charge in [-0.05, 0) is 31.5 Å². The standard InChI is InChI=1S/C15H19ClN2O4/c1-9(19)7-17-15(21)18-13-6-11(16)2-3-12(13)14(20)10-4-5-22-8-10/h2-3,6,9-10,19H,4-5,7-8H2,1H3,(H2,17,18,21)/t9-,10?/m1/s1. The fourth-order valence-electron chi connectivity index (χ4n) is 2.20. The quantitative estimate of drug-likeness (QED) is 0.723. The molecule has 1 aliphatic rings. The SMILES string of the molecule is C[C@@H](O)CNC(=O)Nc1cc(Cl)ccc1C(=O)C1CCOC1. The number of carbonyl (C=O) groups is 2. The molecule has 1 fully saturated rings. The van der Waals surface area contributed by atoms with Crippen molar-refractivity contribution >= 4 is 29.1 Å². The first kappa shape index (κ1) is 16.7. The van der Waals surface area contributed by atoms with Gasteiger partial charge in [-0.1, -0.05) is 11.6 Å². The summed E-state index contributed by atoms with van der Waals surface area (Å²) in [7, 11) is 0. The van der Waals surface area contributed by atoms with Gasteiger partial charge in [0.05, 0.1) is 18.4 Å². The second-order valence-corrected chi connectivity index (χ2v) is 5.74. The molecule has 1 unspecified atom stereocenters. The van der Waals surface area contributed by atoms with E-state index in [9.17, 15) is 9.59 Å². The molecule has 0 radical (unpaired) electrons. The molecular formula is C15H19ClN2O4. The molecule has 1 aromatic rings. The van der Waals surface area contributed by atoms with Crippen molar-refractivity contribution in [2.75, 3.05) is 25.1 Å². The number of urea groups is 1. The number of amides is 2. The number of rotatable bonds is 5. The van der Waals surface area contributed by atoms with Crippen LogP contribution < -0.4 is 10.6 Å². The number of halogens is 1. The van der Waals surface area contributed by atoms with E-state index in [0.717, 1.165) is 0 Å². The zero-order chi connectivity index (χ0) is 16.1. The number of aliphatic hydroxyl groups excluding tert-OH is 1. The topological polar surface area (TPSA) is 87.7 Å². The fraction of sp³-hybridized carbons (Fsp3) is 0.467. The third-order valence-electron chi connectivity index (χ3n) is 3.35. The van der Waals surface area contributed by atoms with Crippen LogP contribution in [-0.2, 0) is 4.74 Å². The number of aliphatic hydroxyl groups is 1. The molecule has 2 atom stereocenters. The van der Waals surface area contributed by atoms with Gasteiger partial charge in [0.1, 0.15) is 0 Å². The molecule has 0 spiro atoms. The number of ketones is 1. The summed E-state index contributed by atoms with van der Waals surface area (Å²) in [4.78, 5) is 24.3. The molecule has 0 aliphatic carbocycles. The lowest BCUT2D eigenvalue weighted by Gasteiger charge is -2.14. The van der Waals surface area contributed by atoms with Gasteiger partial charge >= 0.3 is 6.03 Å².